The average molecular weight is 842 g/mol. The molecule has 2 bridgehead atoms. The predicted molar refractivity (Wildman–Crippen MR) is 223 cm³/mol. The van der Waals surface area contributed by atoms with Gasteiger partial charge in [0.2, 0.25) is 0 Å². The number of fused-ring (bicyclic) bond motifs is 2. The number of hydrogen-bond acceptors (Lipinski definition) is 13. The lowest BCUT2D eigenvalue weighted by Crippen LogP contribution is -2.61. The standard InChI is InChI=1S/C43H48N5O9PS/c1-28(2)48(29(3)4)58(55-23-10-21-44)57-37-36-40(47-25-35(38(49)46-41(47)50)39-45-22-24-59-39)56-42(37,27-53-36)43(31-13-17-33(51-5)18-14-31,32-15-19-34(52-6)20-16-32)54-26-30-11-8-7-9-12-30/h7-9,11-20,22,24-25,28-29,36-37,40H,10,23,26-27H2,1-6H3,(H,46,49,50)/t36-,37-,40?,42+,58?/m0/s1. The van der Waals surface area contributed by atoms with Gasteiger partial charge in [-0.1, -0.05) is 54.6 Å². The maximum Gasteiger partial charge on any atom is 0.330 e. The summed E-state index contributed by atoms with van der Waals surface area (Å²) in [4.78, 5) is 34.0. The van der Waals surface area contributed by atoms with Crippen LogP contribution in [0.5, 0.6) is 11.5 Å². The second-order valence-corrected chi connectivity index (χ2v) is 17.0. The summed E-state index contributed by atoms with van der Waals surface area (Å²) in [6.07, 6.45) is 0.183. The minimum atomic E-state index is -1.89. The number of benzene rings is 3. The van der Waals surface area contributed by atoms with Gasteiger partial charge in [0, 0.05) is 29.9 Å². The summed E-state index contributed by atoms with van der Waals surface area (Å²) in [6, 6.07) is 27.1. The first kappa shape index (κ1) is 42.4. The fourth-order valence-corrected chi connectivity index (χ4v) is 10.4. The average Bonchev–Trinajstić information content (AvgIpc) is 3.98. The van der Waals surface area contributed by atoms with Gasteiger partial charge in [0.1, 0.15) is 28.7 Å². The fraction of sp³-hybridized carbons (Fsp3) is 0.395. The molecule has 14 nitrogen and oxygen atoms in total. The van der Waals surface area contributed by atoms with E-state index in [4.69, 9.17) is 32.7 Å². The quantitative estimate of drug-likeness (QED) is 0.0702. The van der Waals surface area contributed by atoms with E-state index in [1.807, 2.05) is 78.9 Å². The number of rotatable bonds is 18. The highest BCUT2D eigenvalue weighted by Gasteiger charge is 2.74. The molecular formula is C43H48N5O9PS. The van der Waals surface area contributed by atoms with Crippen molar-refractivity contribution in [3.05, 3.63) is 134 Å². The molecule has 0 amide bonds. The molecule has 5 aromatic rings. The van der Waals surface area contributed by atoms with Crippen molar-refractivity contribution in [2.75, 3.05) is 27.4 Å². The fourth-order valence-electron chi connectivity index (χ4n) is 7.95. The number of nitriles is 1. The Morgan fingerprint density at radius 2 is 1.64 bits per heavy atom. The molecule has 2 saturated heterocycles. The molecule has 1 N–H and O–H groups in total. The minimum absolute atomic E-state index is 0.0271. The van der Waals surface area contributed by atoms with Crippen LogP contribution in [0.3, 0.4) is 0 Å². The SMILES string of the molecule is COc1ccc(C(OCc2ccccc2)(c2ccc(OC)cc2)[C@]23CO[C@H](C(n4cc(-c5nccs5)c(=O)[nH]c4=O)O2)[C@@H]3OP(OCCC#N)N(C(C)C)C(C)C)cc1. The topological polar surface area (TPSA) is 159 Å². The van der Waals surface area contributed by atoms with Gasteiger partial charge in [0.05, 0.1) is 52.1 Å². The molecule has 3 aromatic carbocycles. The van der Waals surface area contributed by atoms with Crippen molar-refractivity contribution in [2.45, 2.75) is 82.4 Å². The highest BCUT2D eigenvalue weighted by molar-refractivity contribution is 7.44. The molecule has 0 radical (unpaired) electrons. The van der Waals surface area contributed by atoms with E-state index in [0.29, 0.717) is 27.6 Å². The molecule has 2 aromatic heterocycles. The Kier molecular flexibility index (Phi) is 13.1. The molecule has 4 heterocycles. The lowest BCUT2D eigenvalue weighted by molar-refractivity contribution is -0.254. The van der Waals surface area contributed by atoms with Gasteiger partial charge in [0.15, 0.2) is 17.4 Å². The van der Waals surface area contributed by atoms with Gasteiger partial charge in [-0.15, -0.1) is 11.3 Å². The molecule has 2 aliphatic heterocycles. The summed E-state index contributed by atoms with van der Waals surface area (Å²) in [5, 5.41) is 11.7. The van der Waals surface area contributed by atoms with Crippen LogP contribution in [0.1, 0.15) is 57.0 Å². The second-order valence-electron chi connectivity index (χ2n) is 14.7. The van der Waals surface area contributed by atoms with Gasteiger partial charge < -0.3 is 32.7 Å². The monoisotopic (exact) mass is 841 g/mol. The van der Waals surface area contributed by atoms with E-state index in [2.05, 4.69) is 48.4 Å². The van der Waals surface area contributed by atoms with Crippen LogP contribution in [0.2, 0.25) is 0 Å². The Morgan fingerprint density at radius 1 is 1.00 bits per heavy atom. The summed E-state index contributed by atoms with van der Waals surface area (Å²) in [5.74, 6) is 1.26. The van der Waals surface area contributed by atoms with Crippen molar-refractivity contribution in [3.63, 3.8) is 0 Å². The van der Waals surface area contributed by atoms with Gasteiger partial charge in [-0.25, -0.2) is 14.4 Å². The number of ether oxygens (including phenoxy) is 5. The molecule has 59 heavy (non-hydrogen) atoms. The second kappa shape index (κ2) is 18.3. The van der Waals surface area contributed by atoms with E-state index in [9.17, 15) is 14.9 Å². The number of aromatic amines is 1. The maximum atomic E-state index is 14.0. The van der Waals surface area contributed by atoms with E-state index in [1.54, 1.807) is 25.8 Å². The summed E-state index contributed by atoms with van der Waals surface area (Å²) >= 11 is 1.27. The van der Waals surface area contributed by atoms with E-state index in [0.717, 1.165) is 5.56 Å². The highest BCUT2D eigenvalue weighted by Crippen LogP contribution is 2.62. The van der Waals surface area contributed by atoms with Crippen molar-refractivity contribution in [2.24, 2.45) is 0 Å². The molecule has 2 fully saturated rings. The molecule has 16 heteroatoms. The summed E-state index contributed by atoms with van der Waals surface area (Å²) in [7, 11) is 1.32. The zero-order valence-electron chi connectivity index (χ0n) is 33.8. The van der Waals surface area contributed by atoms with Crippen LogP contribution < -0.4 is 20.7 Å². The van der Waals surface area contributed by atoms with Crippen LogP contribution in [0, 0.1) is 11.3 Å². The minimum Gasteiger partial charge on any atom is -0.497 e. The lowest BCUT2D eigenvalue weighted by Gasteiger charge is -2.49. The van der Waals surface area contributed by atoms with Crippen LogP contribution >= 0.6 is 19.9 Å². The summed E-state index contributed by atoms with van der Waals surface area (Å²) < 4.78 is 50.2. The van der Waals surface area contributed by atoms with E-state index >= 15 is 0 Å². The molecule has 0 spiro atoms. The van der Waals surface area contributed by atoms with Gasteiger partial charge in [-0.3, -0.25) is 14.3 Å². The predicted octanol–water partition coefficient (Wildman–Crippen LogP) is 7.17. The van der Waals surface area contributed by atoms with Crippen LogP contribution in [0.25, 0.3) is 10.6 Å². The van der Waals surface area contributed by atoms with Gasteiger partial charge in [0.25, 0.3) is 14.1 Å². The Morgan fingerprint density at radius 3 is 2.20 bits per heavy atom. The zero-order chi connectivity index (χ0) is 41.7. The van der Waals surface area contributed by atoms with Crippen LogP contribution in [0.15, 0.2) is 106 Å². The van der Waals surface area contributed by atoms with Gasteiger partial charge in [-0.2, -0.15) is 5.26 Å². The van der Waals surface area contributed by atoms with Crippen molar-refractivity contribution in [3.8, 4) is 28.1 Å². The van der Waals surface area contributed by atoms with Crippen LogP contribution in [-0.2, 0) is 35.5 Å². The number of aromatic nitrogens is 3. The lowest BCUT2D eigenvalue weighted by atomic mass is 9.70. The first-order valence-electron chi connectivity index (χ1n) is 19.3. The van der Waals surface area contributed by atoms with E-state index < -0.39 is 49.4 Å². The maximum absolute atomic E-state index is 14.0. The molecule has 0 saturated carbocycles. The summed E-state index contributed by atoms with van der Waals surface area (Å²) in [6.45, 7) is 8.46. The molecular weight excluding hydrogens is 794 g/mol. The number of nitrogens with one attached hydrogen (secondary N) is 1. The zero-order valence-corrected chi connectivity index (χ0v) is 35.5. The normalized spacial score (nSPS) is 20.6. The van der Waals surface area contributed by atoms with Crippen molar-refractivity contribution in [1.29, 1.82) is 5.26 Å². The Labute approximate surface area is 348 Å². The van der Waals surface area contributed by atoms with E-state index in [1.165, 1.54) is 22.1 Å². The molecule has 310 valence electrons. The van der Waals surface area contributed by atoms with Gasteiger partial charge >= 0.3 is 5.69 Å². The molecule has 7 rings (SSSR count). The smallest absolute Gasteiger partial charge is 0.330 e. The Balaban J connectivity index is 1.50. The molecule has 0 aliphatic carbocycles. The van der Waals surface area contributed by atoms with Crippen molar-refractivity contribution < 1.29 is 32.7 Å². The van der Waals surface area contributed by atoms with Crippen LogP contribution in [-0.4, -0.2) is 76.5 Å². The Bertz CT molecular complexity index is 2260. The van der Waals surface area contributed by atoms with Crippen molar-refractivity contribution in [1.82, 2.24) is 19.2 Å². The van der Waals surface area contributed by atoms with Crippen LogP contribution in [0.4, 0.5) is 0 Å². The van der Waals surface area contributed by atoms with Crippen molar-refractivity contribution >= 4 is 19.9 Å². The summed E-state index contributed by atoms with van der Waals surface area (Å²) in [5.41, 5.74) is -1.87. The molecule has 5 atom stereocenters. The third kappa shape index (κ3) is 8.12. The van der Waals surface area contributed by atoms with E-state index in [-0.39, 0.29) is 43.9 Å². The number of H-pyrrole nitrogens is 1. The molecule has 2 aliphatic rings. The number of hydrogen-bond donors (Lipinski definition) is 1. The number of thiazole rings is 1. The first-order valence-corrected chi connectivity index (χ1v) is 21.3. The largest absolute Gasteiger partial charge is 0.497 e. The number of nitrogens with zero attached hydrogens (tertiary/aromatic N) is 4. The Hall–Kier alpha value is -4.75. The first-order chi connectivity index (χ1) is 28.6. The van der Waals surface area contributed by atoms with Gasteiger partial charge in [-0.05, 0) is 68.7 Å². The number of methoxy groups -OCH3 is 2. The third-order valence-corrected chi connectivity index (χ3v) is 13.4. The highest BCUT2D eigenvalue weighted by atomic mass is 32.1. The third-order valence-electron chi connectivity index (χ3n) is 10.5. The molecule has 2 unspecified atom stereocenters.